The Morgan fingerprint density at radius 1 is 1.14 bits per heavy atom. The Hall–Kier alpha value is -2.73. The molecule has 12 heteroatoms. The van der Waals surface area contributed by atoms with Crippen molar-refractivity contribution in [3.05, 3.63) is 34.9 Å². The molecule has 11 nitrogen and oxygen atoms in total. The van der Waals surface area contributed by atoms with Crippen molar-refractivity contribution < 1.29 is 43.6 Å². The Balaban J connectivity index is 2.24. The largest absolute Gasteiger partial charge is 0.481 e. The van der Waals surface area contributed by atoms with E-state index in [1.807, 2.05) is 6.92 Å². The highest BCUT2D eigenvalue weighted by Gasteiger charge is 2.51. The quantitative estimate of drug-likeness (QED) is 0.215. The molecule has 0 aromatic heterocycles. The summed E-state index contributed by atoms with van der Waals surface area (Å²) in [6.45, 7) is 3.82. The van der Waals surface area contributed by atoms with Crippen LogP contribution in [0.4, 0.5) is 0 Å². The summed E-state index contributed by atoms with van der Waals surface area (Å²) < 4.78 is 16.1. The van der Waals surface area contributed by atoms with Gasteiger partial charge < -0.3 is 35.1 Å². The second-order valence-electron chi connectivity index (χ2n) is 8.45. The Bertz CT molecular complexity index is 929. The standard InChI is InChI=1S/C24H33ClN2O9/c1-4-36-24(33)21-17(12-35-10-9-26-16(22(30)31)11-18(28)29)27-13(2)19(23(32)34-3)20(21)14-7-5-6-8-15(14)25/h5-8,13,16-17,19-21,26-27H,4,9-12H2,1-3H3,(H,28,29)(H,30,31). The van der Waals surface area contributed by atoms with E-state index in [1.54, 1.807) is 31.2 Å². The molecule has 1 aromatic carbocycles. The molecule has 1 aromatic rings. The molecule has 1 fully saturated rings. The molecule has 0 amide bonds. The van der Waals surface area contributed by atoms with Crippen LogP contribution < -0.4 is 10.6 Å². The third-order valence-electron chi connectivity index (χ3n) is 6.13. The summed E-state index contributed by atoms with van der Waals surface area (Å²) in [6.07, 6.45) is -0.573. The first kappa shape index (κ1) is 29.5. The van der Waals surface area contributed by atoms with E-state index in [0.29, 0.717) is 10.6 Å². The zero-order valence-electron chi connectivity index (χ0n) is 20.4. The fourth-order valence-corrected chi connectivity index (χ4v) is 4.85. The Kier molecular flexibility index (Phi) is 11.6. The van der Waals surface area contributed by atoms with Crippen LogP contribution in [0, 0.1) is 11.8 Å². The molecule has 1 saturated heterocycles. The van der Waals surface area contributed by atoms with Crippen LogP contribution in [-0.4, -0.2) is 85.7 Å². The maximum Gasteiger partial charge on any atom is 0.321 e. The maximum absolute atomic E-state index is 13.2. The topological polar surface area (TPSA) is 160 Å². The minimum atomic E-state index is -1.28. The summed E-state index contributed by atoms with van der Waals surface area (Å²) in [4.78, 5) is 48.0. The second-order valence-corrected chi connectivity index (χ2v) is 8.86. The number of hydrogen-bond donors (Lipinski definition) is 4. The van der Waals surface area contributed by atoms with Gasteiger partial charge in [0.25, 0.3) is 0 Å². The first-order chi connectivity index (χ1) is 17.1. The molecule has 2 rings (SSSR count). The fourth-order valence-electron chi connectivity index (χ4n) is 4.59. The van der Waals surface area contributed by atoms with Crippen molar-refractivity contribution >= 4 is 35.5 Å². The Morgan fingerprint density at radius 3 is 2.42 bits per heavy atom. The number of esters is 2. The van der Waals surface area contributed by atoms with Crippen LogP contribution >= 0.6 is 11.6 Å². The van der Waals surface area contributed by atoms with Gasteiger partial charge in [0.15, 0.2) is 0 Å². The second kappa shape index (κ2) is 14.1. The van der Waals surface area contributed by atoms with Crippen LogP contribution in [0.1, 0.15) is 31.7 Å². The normalized spacial score (nSPS) is 24.5. The molecule has 1 aliphatic rings. The fraction of sp³-hybridized carbons (Fsp3) is 0.583. The number of carboxylic acid groups (broad SMARTS) is 2. The lowest BCUT2D eigenvalue weighted by atomic mass is 9.68. The molecule has 1 heterocycles. The highest BCUT2D eigenvalue weighted by Crippen LogP contribution is 2.43. The number of rotatable bonds is 13. The number of benzene rings is 1. The summed E-state index contributed by atoms with van der Waals surface area (Å²) in [5, 5.41) is 24.3. The van der Waals surface area contributed by atoms with Gasteiger partial charge in [-0.05, 0) is 25.5 Å². The van der Waals surface area contributed by atoms with Gasteiger partial charge in [0, 0.05) is 29.6 Å². The van der Waals surface area contributed by atoms with Gasteiger partial charge in [0.2, 0.25) is 0 Å². The summed E-state index contributed by atoms with van der Waals surface area (Å²) in [5.41, 5.74) is 0.616. The maximum atomic E-state index is 13.2. The van der Waals surface area contributed by atoms with E-state index in [0.717, 1.165) is 0 Å². The van der Waals surface area contributed by atoms with Crippen LogP contribution in [-0.2, 0) is 33.4 Å². The lowest BCUT2D eigenvalue weighted by Gasteiger charge is -2.45. The Morgan fingerprint density at radius 2 is 1.83 bits per heavy atom. The van der Waals surface area contributed by atoms with Crippen molar-refractivity contribution in [2.75, 3.05) is 33.5 Å². The predicted molar refractivity (Wildman–Crippen MR) is 129 cm³/mol. The molecular weight excluding hydrogens is 496 g/mol. The van der Waals surface area contributed by atoms with Gasteiger partial charge in [-0.1, -0.05) is 29.8 Å². The van der Waals surface area contributed by atoms with Crippen molar-refractivity contribution in [1.29, 1.82) is 0 Å². The average molecular weight is 529 g/mol. The van der Waals surface area contributed by atoms with E-state index in [9.17, 15) is 19.2 Å². The smallest absolute Gasteiger partial charge is 0.321 e. The first-order valence-electron chi connectivity index (χ1n) is 11.6. The van der Waals surface area contributed by atoms with Crippen LogP contribution in [0.3, 0.4) is 0 Å². The number of carboxylic acids is 2. The minimum absolute atomic E-state index is 0.0427. The minimum Gasteiger partial charge on any atom is -0.481 e. The van der Waals surface area contributed by atoms with E-state index in [1.165, 1.54) is 7.11 Å². The van der Waals surface area contributed by atoms with Crippen molar-refractivity contribution in [2.24, 2.45) is 11.8 Å². The van der Waals surface area contributed by atoms with Crippen LogP contribution in [0.25, 0.3) is 0 Å². The molecule has 0 radical (unpaired) electrons. The molecule has 0 bridgehead atoms. The van der Waals surface area contributed by atoms with Crippen molar-refractivity contribution in [1.82, 2.24) is 10.6 Å². The molecule has 6 unspecified atom stereocenters. The SMILES string of the molecule is CCOC(=O)C1C(COCCNC(CC(=O)O)C(=O)O)NC(C)C(C(=O)OC)C1c1ccccc1Cl. The predicted octanol–water partition coefficient (Wildman–Crippen LogP) is 1.29. The number of halogens is 1. The zero-order valence-corrected chi connectivity index (χ0v) is 21.2. The van der Waals surface area contributed by atoms with E-state index >= 15 is 0 Å². The van der Waals surface area contributed by atoms with Gasteiger partial charge in [0.1, 0.15) is 6.04 Å². The van der Waals surface area contributed by atoms with Crippen molar-refractivity contribution in [3.8, 4) is 0 Å². The molecule has 0 saturated carbocycles. The molecular formula is C24H33ClN2O9. The Labute approximate surface area is 214 Å². The van der Waals surface area contributed by atoms with E-state index in [4.69, 9.17) is 36.0 Å². The number of carbonyl (C=O) groups is 4. The summed E-state index contributed by atoms with van der Waals surface area (Å²) in [6, 6.07) is 4.77. The number of carbonyl (C=O) groups excluding carboxylic acids is 2. The number of hydrogen-bond acceptors (Lipinski definition) is 9. The summed E-state index contributed by atoms with van der Waals surface area (Å²) in [5.74, 6) is -5.74. The number of aliphatic carboxylic acids is 2. The van der Waals surface area contributed by atoms with Gasteiger partial charge >= 0.3 is 23.9 Å². The third kappa shape index (κ3) is 7.63. The summed E-state index contributed by atoms with van der Waals surface area (Å²) >= 11 is 6.50. The average Bonchev–Trinajstić information content (AvgIpc) is 2.82. The third-order valence-corrected chi connectivity index (χ3v) is 6.47. The molecule has 6 atom stereocenters. The molecule has 1 aliphatic heterocycles. The van der Waals surface area contributed by atoms with Gasteiger partial charge in [-0.15, -0.1) is 0 Å². The highest BCUT2D eigenvalue weighted by molar-refractivity contribution is 6.31. The number of piperidine rings is 1. The van der Waals surface area contributed by atoms with E-state index < -0.39 is 66.2 Å². The van der Waals surface area contributed by atoms with Crippen LogP contribution in [0.2, 0.25) is 5.02 Å². The van der Waals surface area contributed by atoms with E-state index in [2.05, 4.69) is 10.6 Å². The zero-order chi connectivity index (χ0) is 26.8. The molecule has 4 N–H and O–H groups in total. The molecule has 200 valence electrons. The monoisotopic (exact) mass is 528 g/mol. The number of nitrogens with one attached hydrogen (secondary N) is 2. The van der Waals surface area contributed by atoms with Crippen LogP contribution in [0.5, 0.6) is 0 Å². The van der Waals surface area contributed by atoms with Crippen molar-refractivity contribution in [2.45, 2.75) is 44.3 Å². The molecule has 36 heavy (non-hydrogen) atoms. The van der Waals surface area contributed by atoms with Gasteiger partial charge in [-0.2, -0.15) is 0 Å². The number of ether oxygens (including phenoxy) is 3. The first-order valence-corrected chi connectivity index (χ1v) is 12.0. The lowest BCUT2D eigenvalue weighted by Crippen LogP contribution is -2.60. The van der Waals surface area contributed by atoms with Gasteiger partial charge in [-0.25, -0.2) is 0 Å². The number of methoxy groups -OCH3 is 1. The van der Waals surface area contributed by atoms with Gasteiger partial charge in [-0.3, -0.25) is 19.2 Å². The summed E-state index contributed by atoms with van der Waals surface area (Å²) in [7, 11) is 1.29. The van der Waals surface area contributed by atoms with Gasteiger partial charge in [0.05, 0.1) is 45.2 Å². The van der Waals surface area contributed by atoms with Crippen LogP contribution in [0.15, 0.2) is 24.3 Å². The van der Waals surface area contributed by atoms with Crippen molar-refractivity contribution in [3.63, 3.8) is 0 Å². The lowest BCUT2D eigenvalue weighted by molar-refractivity contribution is -0.158. The van der Waals surface area contributed by atoms with E-state index in [-0.39, 0.29) is 26.4 Å². The molecule has 0 spiro atoms. The highest BCUT2D eigenvalue weighted by atomic mass is 35.5. The molecule has 0 aliphatic carbocycles.